The minimum absolute atomic E-state index is 0.154. The maximum atomic E-state index is 5.48. The predicted molar refractivity (Wildman–Crippen MR) is 86.8 cm³/mol. The third kappa shape index (κ3) is 2.29. The van der Waals surface area contributed by atoms with Crippen molar-refractivity contribution in [3.05, 3.63) is 66.1 Å². The van der Waals surface area contributed by atoms with Crippen LogP contribution in [0.4, 0.5) is 0 Å². The Morgan fingerprint density at radius 1 is 1.12 bits per heavy atom. The fourth-order valence-corrected chi connectivity index (χ4v) is 3.35. The molecule has 8 nitrogen and oxygen atoms in total. The molecule has 0 bridgehead atoms. The van der Waals surface area contributed by atoms with E-state index in [0.29, 0.717) is 23.9 Å². The van der Waals surface area contributed by atoms with Crippen LogP contribution in [0.5, 0.6) is 0 Å². The first kappa shape index (κ1) is 14.2. The number of aromatic nitrogens is 7. The fraction of sp³-hybridized carbons (Fsp3) is 0.294. The van der Waals surface area contributed by atoms with Crippen molar-refractivity contribution >= 4 is 5.78 Å². The molecule has 1 saturated carbocycles. The molecule has 0 spiro atoms. The SMILES string of the molecule is c1cnc2nc(Cc3nc(C4(c5ccncc5)CCC4)no3)nn2c1. The van der Waals surface area contributed by atoms with Gasteiger partial charge in [-0.25, -0.2) is 9.50 Å². The highest BCUT2D eigenvalue weighted by atomic mass is 16.5. The van der Waals surface area contributed by atoms with Gasteiger partial charge < -0.3 is 4.52 Å². The van der Waals surface area contributed by atoms with Gasteiger partial charge in [-0.2, -0.15) is 9.97 Å². The molecular weight excluding hydrogens is 318 g/mol. The van der Waals surface area contributed by atoms with Gasteiger partial charge in [-0.1, -0.05) is 11.6 Å². The van der Waals surface area contributed by atoms with Gasteiger partial charge >= 0.3 is 0 Å². The van der Waals surface area contributed by atoms with E-state index in [0.717, 1.165) is 25.1 Å². The third-order valence-corrected chi connectivity index (χ3v) is 4.81. The highest BCUT2D eigenvalue weighted by molar-refractivity contribution is 5.34. The molecule has 4 aromatic rings. The Bertz CT molecular complexity index is 987. The van der Waals surface area contributed by atoms with Crippen molar-refractivity contribution in [3.8, 4) is 0 Å². The second kappa shape index (κ2) is 5.44. The summed E-state index contributed by atoms with van der Waals surface area (Å²) in [5, 5.41) is 8.63. The highest BCUT2D eigenvalue weighted by Gasteiger charge is 2.44. The summed E-state index contributed by atoms with van der Waals surface area (Å²) in [5.74, 6) is 2.43. The first-order chi connectivity index (χ1) is 12.3. The largest absolute Gasteiger partial charge is 0.339 e. The molecule has 4 heterocycles. The molecule has 4 aromatic heterocycles. The molecule has 0 radical (unpaired) electrons. The van der Waals surface area contributed by atoms with Gasteiger partial charge in [0.2, 0.25) is 5.89 Å². The average molecular weight is 333 g/mol. The molecule has 0 amide bonds. The van der Waals surface area contributed by atoms with Gasteiger partial charge in [0.15, 0.2) is 11.6 Å². The summed E-state index contributed by atoms with van der Waals surface area (Å²) in [6.45, 7) is 0. The summed E-state index contributed by atoms with van der Waals surface area (Å²) in [7, 11) is 0. The lowest BCUT2D eigenvalue weighted by molar-refractivity contribution is 0.271. The van der Waals surface area contributed by atoms with Gasteiger partial charge in [0.1, 0.15) is 0 Å². The zero-order valence-electron chi connectivity index (χ0n) is 13.4. The normalized spacial score (nSPS) is 16.0. The van der Waals surface area contributed by atoms with Crippen molar-refractivity contribution in [2.45, 2.75) is 31.1 Å². The van der Waals surface area contributed by atoms with Crippen LogP contribution >= 0.6 is 0 Å². The summed E-state index contributed by atoms with van der Waals surface area (Å²) in [5.41, 5.74) is 1.04. The monoisotopic (exact) mass is 333 g/mol. The number of nitrogens with zero attached hydrogens (tertiary/aromatic N) is 7. The van der Waals surface area contributed by atoms with E-state index < -0.39 is 0 Å². The molecule has 0 saturated heterocycles. The fourth-order valence-electron chi connectivity index (χ4n) is 3.35. The highest BCUT2D eigenvalue weighted by Crippen LogP contribution is 2.47. The third-order valence-electron chi connectivity index (χ3n) is 4.81. The number of hydrogen-bond donors (Lipinski definition) is 0. The van der Waals surface area contributed by atoms with Crippen LogP contribution in [0.25, 0.3) is 5.78 Å². The van der Waals surface area contributed by atoms with E-state index in [1.165, 1.54) is 5.56 Å². The molecule has 0 N–H and O–H groups in total. The quantitative estimate of drug-likeness (QED) is 0.563. The van der Waals surface area contributed by atoms with Crippen molar-refractivity contribution in [2.24, 2.45) is 0 Å². The second-order valence-electron chi connectivity index (χ2n) is 6.25. The zero-order chi connectivity index (χ0) is 16.7. The van der Waals surface area contributed by atoms with E-state index in [2.05, 4.69) is 30.2 Å². The van der Waals surface area contributed by atoms with Crippen molar-refractivity contribution in [1.29, 1.82) is 0 Å². The van der Waals surface area contributed by atoms with Gasteiger partial charge in [0, 0.05) is 24.8 Å². The van der Waals surface area contributed by atoms with E-state index in [1.807, 2.05) is 36.8 Å². The van der Waals surface area contributed by atoms with Crippen LogP contribution in [0, 0.1) is 0 Å². The molecule has 0 aliphatic heterocycles. The molecule has 1 aliphatic carbocycles. The number of fused-ring (bicyclic) bond motifs is 1. The molecule has 5 rings (SSSR count). The maximum absolute atomic E-state index is 5.48. The summed E-state index contributed by atoms with van der Waals surface area (Å²) in [6, 6.07) is 5.88. The molecule has 25 heavy (non-hydrogen) atoms. The molecule has 124 valence electrons. The summed E-state index contributed by atoms with van der Waals surface area (Å²) in [4.78, 5) is 17.3. The molecule has 0 aromatic carbocycles. The minimum Gasteiger partial charge on any atom is -0.339 e. The summed E-state index contributed by atoms with van der Waals surface area (Å²) in [6.07, 6.45) is 10.7. The second-order valence-corrected chi connectivity index (χ2v) is 6.25. The van der Waals surface area contributed by atoms with E-state index in [1.54, 1.807) is 10.7 Å². The van der Waals surface area contributed by atoms with Gasteiger partial charge in [-0.05, 0) is 36.6 Å². The summed E-state index contributed by atoms with van der Waals surface area (Å²) >= 11 is 0. The first-order valence-electron chi connectivity index (χ1n) is 8.23. The lowest BCUT2D eigenvalue weighted by Gasteiger charge is -2.39. The number of rotatable bonds is 4. The van der Waals surface area contributed by atoms with Crippen molar-refractivity contribution in [2.75, 3.05) is 0 Å². The lowest BCUT2D eigenvalue weighted by atomic mass is 9.64. The maximum Gasteiger partial charge on any atom is 0.252 e. The Morgan fingerprint density at radius 3 is 2.76 bits per heavy atom. The predicted octanol–water partition coefficient (Wildman–Crippen LogP) is 1.96. The molecule has 0 atom stereocenters. The van der Waals surface area contributed by atoms with Gasteiger partial charge in [0.25, 0.3) is 5.78 Å². The Balaban J connectivity index is 1.45. The van der Waals surface area contributed by atoms with Gasteiger partial charge in [-0.15, -0.1) is 5.10 Å². The zero-order valence-corrected chi connectivity index (χ0v) is 13.4. The van der Waals surface area contributed by atoms with Crippen LogP contribution in [0.2, 0.25) is 0 Å². The van der Waals surface area contributed by atoms with Crippen molar-refractivity contribution in [3.63, 3.8) is 0 Å². The summed E-state index contributed by atoms with van der Waals surface area (Å²) < 4.78 is 7.12. The Kier molecular flexibility index (Phi) is 3.09. The van der Waals surface area contributed by atoms with Crippen LogP contribution < -0.4 is 0 Å². The van der Waals surface area contributed by atoms with Crippen LogP contribution in [0.1, 0.15) is 42.4 Å². The van der Waals surface area contributed by atoms with Crippen molar-refractivity contribution in [1.82, 2.24) is 34.7 Å². The van der Waals surface area contributed by atoms with Crippen LogP contribution in [-0.4, -0.2) is 34.7 Å². The Labute approximate surface area is 143 Å². The minimum atomic E-state index is -0.154. The van der Waals surface area contributed by atoms with Crippen LogP contribution in [0.15, 0.2) is 47.5 Å². The number of hydrogen-bond acceptors (Lipinski definition) is 7. The Morgan fingerprint density at radius 2 is 2.00 bits per heavy atom. The van der Waals surface area contributed by atoms with E-state index in [-0.39, 0.29) is 5.41 Å². The average Bonchev–Trinajstić information content (AvgIpc) is 3.22. The molecule has 0 unspecified atom stereocenters. The standard InChI is InChI=1S/C17H15N7O/c1-5-17(6-1,12-3-8-18-9-4-12)15-21-14(25-23-15)11-13-20-16-19-7-2-10-24(16)22-13/h2-4,7-10H,1,5-6,11H2. The molecule has 1 aliphatic rings. The van der Waals surface area contributed by atoms with Gasteiger partial charge in [-0.3, -0.25) is 4.98 Å². The van der Waals surface area contributed by atoms with Crippen LogP contribution in [-0.2, 0) is 11.8 Å². The van der Waals surface area contributed by atoms with E-state index in [4.69, 9.17) is 4.52 Å². The number of pyridine rings is 1. The topological polar surface area (TPSA) is 94.9 Å². The first-order valence-corrected chi connectivity index (χ1v) is 8.23. The van der Waals surface area contributed by atoms with Gasteiger partial charge in [0.05, 0.1) is 11.8 Å². The molecule has 8 heteroatoms. The van der Waals surface area contributed by atoms with Crippen LogP contribution in [0.3, 0.4) is 0 Å². The smallest absolute Gasteiger partial charge is 0.252 e. The molecular formula is C17H15N7O. The Hall–Kier alpha value is -3.16. The van der Waals surface area contributed by atoms with E-state index >= 15 is 0 Å². The van der Waals surface area contributed by atoms with Crippen molar-refractivity contribution < 1.29 is 4.52 Å². The molecule has 1 fully saturated rings. The van der Waals surface area contributed by atoms with E-state index in [9.17, 15) is 0 Å². The lowest BCUT2D eigenvalue weighted by Crippen LogP contribution is -2.36.